The first-order valence-electron chi connectivity index (χ1n) is 8.21. The van der Waals surface area contributed by atoms with Crippen molar-refractivity contribution >= 4 is 5.91 Å². The molecule has 0 bridgehead atoms. The van der Waals surface area contributed by atoms with Crippen LogP contribution in [0.15, 0.2) is 24.3 Å². The summed E-state index contributed by atoms with van der Waals surface area (Å²) in [4.78, 5) is 14.4. The van der Waals surface area contributed by atoms with E-state index in [-0.39, 0.29) is 11.9 Å². The molecule has 0 saturated carbocycles. The van der Waals surface area contributed by atoms with Gasteiger partial charge in [-0.2, -0.15) is 0 Å². The van der Waals surface area contributed by atoms with Crippen molar-refractivity contribution in [1.82, 2.24) is 10.2 Å². The van der Waals surface area contributed by atoms with Gasteiger partial charge < -0.3 is 10.2 Å². The Balaban J connectivity index is 1.94. The van der Waals surface area contributed by atoms with Crippen molar-refractivity contribution in [2.75, 3.05) is 19.6 Å². The van der Waals surface area contributed by atoms with E-state index in [1.165, 1.54) is 11.1 Å². The van der Waals surface area contributed by atoms with Crippen LogP contribution in [0.25, 0.3) is 0 Å². The predicted molar refractivity (Wildman–Crippen MR) is 87.3 cm³/mol. The summed E-state index contributed by atoms with van der Waals surface area (Å²) < 4.78 is 0. The Morgan fingerprint density at radius 1 is 1.24 bits per heavy atom. The molecule has 3 heteroatoms. The number of aryl methyl sites for hydroxylation is 1. The Morgan fingerprint density at radius 3 is 2.52 bits per heavy atom. The number of likely N-dealkylation sites (N-methyl/N-ethyl adjacent to an activating group) is 1. The summed E-state index contributed by atoms with van der Waals surface area (Å²) in [5.74, 6) is 0.882. The van der Waals surface area contributed by atoms with Crippen LogP contribution in [0.2, 0.25) is 0 Å². The number of carbonyl (C=O) groups excluding carboxylic acids is 1. The Labute approximate surface area is 128 Å². The first-order chi connectivity index (χ1) is 10.1. The summed E-state index contributed by atoms with van der Waals surface area (Å²) in [6, 6.07) is 8.80. The molecule has 1 amide bonds. The fourth-order valence-electron chi connectivity index (χ4n) is 3.18. The molecule has 0 spiro atoms. The number of piperidine rings is 1. The molecular formula is C18H28N2O. The number of nitrogens with one attached hydrogen (secondary N) is 1. The molecule has 0 radical (unpaired) electrons. The van der Waals surface area contributed by atoms with E-state index in [1.807, 2.05) is 18.7 Å². The summed E-state index contributed by atoms with van der Waals surface area (Å²) in [7, 11) is 0. The maximum Gasteiger partial charge on any atom is 0.239 e. The van der Waals surface area contributed by atoms with E-state index in [0.29, 0.717) is 5.92 Å². The minimum absolute atomic E-state index is 0.00842. The quantitative estimate of drug-likeness (QED) is 0.903. The molecule has 21 heavy (non-hydrogen) atoms. The highest BCUT2D eigenvalue weighted by atomic mass is 16.2. The van der Waals surface area contributed by atoms with Gasteiger partial charge in [0.05, 0.1) is 6.04 Å². The van der Waals surface area contributed by atoms with Crippen LogP contribution in [-0.2, 0) is 11.2 Å². The molecule has 1 aromatic carbocycles. The second kappa shape index (κ2) is 7.60. The standard InChI is InChI=1S/C18H28N2O/c1-4-20(5-2)18(21)17-13-16(10-11-19-17)12-15-8-6-14(3)7-9-15/h6-9,16-17,19H,4-5,10-13H2,1-3H3. The SMILES string of the molecule is CCN(CC)C(=O)C1CC(Cc2ccc(C)cc2)CCN1. The normalized spacial score (nSPS) is 22.0. The van der Waals surface area contributed by atoms with E-state index in [1.54, 1.807) is 0 Å². The lowest BCUT2D eigenvalue weighted by atomic mass is 9.86. The second-order valence-corrected chi connectivity index (χ2v) is 6.10. The Bertz CT molecular complexity index is 451. The zero-order chi connectivity index (χ0) is 15.2. The van der Waals surface area contributed by atoms with Gasteiger partial charge in [-0.1, -0.05) is 29.8 Å². The molecule has 2 unspecified atom stereocenters. The third-order valence-corrected chi connectivity index (χ3v) is 4.53. The summed E-state index contributed by atoms with van der Waals surface area (Å²) >= 11 is 0. The van der Waals surface area contributed by atoms with Gasteiger partial charge in [0.25, 0.3) is 0 Å². The minimum atomic E-state index is 0.00842. The van der Waals surface area contributed by atoms with Crippen LogP contribution in [0.4, 0.5) is 0 Å². The highest BCUT2D eigenvalue weighted by Crippen LogP contribution is 2.22. The molecule has 1 aliphatic rings. The average Bonchev–Trinajstić information content (AvgIpc) is 2.51. The van der Waals surface area contributed by atoms with Crippen molar-refractivity contribution in [3.8, 4) is 0 Å². The van der Waals surface area contributed by atoms with E-state index in [2.05, 4.69) is 36.5 Å². The predicted octanol–water partition coefficient (Wildman–Crippen LogP) is 2.77. The van der Waals surface area contributed by atoms with Crippen LogP contribution >= 0.6 is 0 Å². The summed E-state index contributed by atoms with van der Waals surface area (Å²) in [5, 5.41) is 3.40. The number of benzene rings is 1. The summed E-state index contributed by atoms with van der Waals surface area (Å²) in [6.45, 7) is 8.77. The highest BCUT2D eigenvalue weighted by molar-refractivity contribution is 5.82. The Morgan fingerprint density at radius 2 is 1.90 bits per heavy atom. The number of carbonyl (C=O) groups is 1. The molecule has 1 fully saturated rings. The number of hydrogen-bond donors (Lipinski definition) is 1. The van der Waals surface area contributed by atoms with Gasteiger partial charge in [0.1, 0.15) is 0 Å². The fourth-order valence-corrected chi connectivity index (χ4v) is 3.18. The van der Waals surface area contributed by atoms with Crippen molar-refractivity contribution in [3.05, 3.63) is 35.4 Å². The van der Waals surface area contributed by atoms with Gasteiger partial charge in [0, 0.05) is 13.1 Å². The monoisotopic (exact) mass is 288 g/mol. The Kier molecular flexibility index (Phi) is 5.80. The van der Waals surface area contributed by atoms with Crippen molar-refractivity contribution in [2.24, 2.45) is 5.92 Å². The topological polar surface area (TPSA) is 32.3 Å². The highest BCUT2D eigenvalue weighted by Gasteiger charge is 2.29. The Hall–Kier alpha value is -1.35. The van der Waals surface area contributed by atoms with E-state index in [0.717, 1.165) is 38.9 Å². The van der Waals surface area contributed by atoms with Gasteiger partial charge in [0.2, 0.25) is 5.91 Å². The third-order valence-electron chi connectivity index (χ3n) is 4.53. The molecule has 3 nitrogen and oxygen atoms in total. The van der Waals surface area contributed by atoms with Crippen molar-refractivity contribution < 1.29 is 4.79 Å². The van der Waals surface area contributed by atoms with Gasteiger partial charge in [-0.05, 0) is 58.1 Å². The first-order valence-corrected chi connectivity index (χ1v) is 8.21. The molecule has 1 N–H and O–H groups in total. The third kappa shape index (κ3) is 4.31. The van der Waals surface area contributed by atoms with Gasteiger partial charge >= 0.3 is 0 Å². The average molecular weight is 288 g/mol. The van der Waals surface area contributed by atoms with E-state index < -0.39 is 0 Å². The van der Waals surface area contributed by atoms with Crippen LogP contribution < -0.4 is 5.32 Å². The van der Waals surface area contributed by atoms with Crippen LogP contribution in [-0.4, -0.2) is 36.5 Å². The molecule has 1 aromatic rings. The number of amides is 1. The van der Waals surface area contributed by atoms with Gasteiger partial charge in [-0.15, -0.1) is 0 Å². The molecular weight excluding hydrogens is 260 g/mol. The molecule has 1 heterocycles. The molecule has 0 aliphatic carbocycles. The maximum absolute atomic E-state index is 12.5. The largest absolute Gasteiger partial charge is 0.342 e. The smallest absolute Gasteiger partial charge is 0.239 e. The zero-order valence-corrected chi connectivity index (χ0v) is 13.6. The van der Waals surface area contributed by atoms with Crippen molar-refractivity contribution in [3.63, 3.8) is 0 Å². The van der Waals surface area contributed by atoms with Crippen LogP contribution in [0, 0.1) is 12.8 Å². The molecule has 1 aliphatic heterocycles. The van der Waals surface area contributed by atoms with Gasteiger partial charge in [-0.25, -0.2) is 0 Å². The fraction of sp³-hybridized carbons (Fsp3) is 0.611. The summed E-state index contributed by atoms with van der Waals surface area (Å²) in [5.41, 5.74) is 2.69. The summed E-state index contributed by atoms with van der Waals surface area (Å²) in [6.07, 6.45) is 3.21. The lowest BCUT2D eigenvalue weighted by Crippen LogP contribution is -2.50. The molecule has 2 rings (SSSR count). The molecule has 0 aromatic heterocycles. The van der Waals surface area contributed by atoms with Crippen LogP contribution in [0.5, 0.6) is 0 Å². The van der Waals surface area contributed by atoms with E-state index in [4.69, 9.17) is 0 Å². The van der Waals surface area contributed by atoms with Crippen molar-refractivity contribution in [1.29, 1.82) is 0 Å². The molecule has 2 atom stereocenters. The maximum atomic E-state index is 12.5. The van der Waals surface area contributed by atoms with Crippen LogP contribution in [0.3, 0.4) is 0 Å². The lowest BCUT2D eigenvalue weighted by Gasteiger charge is -2.33. The molecule has 1 saturated heterocycles. The number of nitrogens with zero attached hydrogens (tertiary/aromatic N) is 1. The number of rotatable bonds is 5. The second-order valence-electron chi connectivity index (χ2n) is 6.10. The van der Waals surface area contributed by atoms with Crippen molar-refractivity contribution in [2.45, 2.75) is 46.1 Å². The lowest BCUT2D eigenvalue weighted by molar-refractivity contribution is -0.134. The van der Waals surface area contributed by atoms with E-state index >= 15 is 0 Å². The number of hydrogen-bond acceptors (Lipinski definition) is 2. The van der Waals surface area contributed by atoms with Gasteiger partial charge in [-0.3, -0.25) is 4.79 Å². The van der Waals surface area contributed by atoms with Crippen LogP contribution in [0.1, 0.15) is 37.8 Å². The van der Waals surface area contributed by atoms with E-state index in [9.17, 15) is 4.79 Å². The first kappa shape index (κ1) is 16.0. The van der Waals surface area contributed by atoms with Gasteiger partial charge in [0.15, 0.2) is 0 Å². The molecule has 116 valence electrons. The zero-order valence-electron chi connectivity index (χ0n) is 13.6. The minimum Gasteiger partial charge on any atom is -0.342 e.